The molecule has 3 N–H and O–H groups in total. The van der Waals surface area contributed by atoms with Crippen molar-refractivity contribution in [3.05, 3.63) is 0 Å². The third kappa shape index (κ3) is 4.65. The summed E-state index contributed by atoms with van der Waals surface area (Å²) in [5.74, 6) is 0.518. The van der Waals surface area contributed by atoms with Gasteiger partial charge >= 0.3 is 0 Å². The van der Waals surface area contributed by atoms with Crippen LogP contribution in [-0.4, -0.2) is 38.9 Å². The molecule has 0 aliphatic heterocycles. The topological polar surface area (TPSA) is 75.4 Å². The fraction of sp³-hybridized carbons (Fsp3) is 1.00. The average Bonchev–Trinajstić information content (AvgIpc) is 2.96. The average molecular weight is 258 g/mol. The van der Waals surface area contributed by atoms with E-state index in [9.17, 15) is 8.42 Å². The highest BCUT2D eigenvalue weighted by molar-refractivity contribution is 7.87. The summed E-state index contributed by atoms with van der Waals surface area (Å²) in [4.78, 5) is 0. The molecule has 0 spiro atoms. The second kappa shape index (κ2) is 6.00. The molecule has 7 heteroatoms. The van der Waals surface area contributed by atoms with Gasteiger partial charge in [-0.05, 0) is 18.8 Å². The predicted octanol–water partition coefficient (Wildman–Crippen LogP) is -0.0684. The summed E-state index contributed by atoms with van der Waals surface area (Å²) in [5, 5.41) is 0. The largest absolute Gasteiger partial charge is 0.326 e. The van der Waals surface area contributed by atoms with Gasteiger partial charge in [-0.25, -0.2) is 4.72 Å². The van der Waals surface area contributed by atoms with Crippen LogP contribution < -0.4 is 10.5 Å². The Kier molecular flexibility index (Phi) is 6.05. The molecule has 0 amide bonds. The standard InChI is InChI=1S/C8H19N3O2S.ClH/c1-3-11(2)14(12,13)10-6-8(9)7-4-5-7;/h7-8,10H,3-6,9H2,1-2H3;1H. The molecule has 0 aromatic rings. The van der Waals surface area contributed by atoms with Crippen LogP contribution in [0.2, 0.25) is 0 Å². The van der Waals surface area contributed by atoms with Crippen LogP contribution in [0.1, 0.15) is 19.8 Å². The van der Waals surface area contributed by atoms with Gasteiger partial charge in [-0.15, -0.1) is 12.4 Å². The van der Waals surface area contributed by atoms with Crippen molar-refractivity contribution < 1.29 is 8.42 Å². The molecular formula is C8H20ClN3O2S. The van der Waals surface area contributed by atoms with Crippen LogP contribution in [0.25, 0.3) is 0 Å². The van der Waals surface area contributed by atoms with Gasteiger partial charge in [0, 0.05) is 26.2 Å². The molecule has 5 nitrogen and oxygen atoms in total. The Balaban J connectivity index is 0.00000196. The Hall–Kier alpha value is 0.120. The lowest BCUT2D eigenvalue weighted by Crippen LogP contribution is -2.44. The quantitative estimate of drug-likeness (QED) is 0.700. The maximum atomic E-state index is 11.5. The van der Waals surface area contributed by atoms with E-state index < -0.39 is 10.2 Å². The van der Waals surface area contributed by atoms with Crippen molar-refractivity contribution >= 4 is 22.6 Å². The highest BCUT2D eigenvalue weighted by Gasteiger charge is 2.29. The Morgan fingerprint density at radius 1 is 1.53 bits per heavy atom. The van der Waals surface area contributed by atoms with Crippen LogP contribution in [0.5, 0.6) is 0 Å². The molecule has 1 aliphatic rings. The highest BCUT2D eigenvalue weighted by Crippen LogP contribution is 2.31. The van der Waals surface area contributed by atoms with Gasteiger partial charge in [-0.3, -0.25) is 0 Å². The normalized spacial score (nSPS) is 18.7. The molecule has 0 heterocycles. The van der Waals surface area contributed by atoms with E-state index in [0.29, 0.717) is 19.0 Å². The van der Waals surface area contributed by atoms with E-state index in [1.807, 2.05) is 0 Å². The van der Waals surface area contributed by atoms with E-state index in [4.69, 9.17) is 5.73 Å². The summed E-state index contributed by atoms with van der Waals surface area (Å²) in [6, 6.07) is -0.0324. The fourth-order valence-corrected chi connectivity index (χ4v) is 2.14. The number of halogens is 1. The summed E-state index contributed by atoms with van der Waals surface area (Å²) in [7, 11) is -1.76. The van der Waals surface area contributed by atoms with Gasteiger partial charge in [0.1, 0.15) is 0 Å². The number of hydrogen-bond acceptors (Lipinski definition) is 3. The number of nitrogens with one attached hydrogen (secondary N) is 1. The summed E-state index contributed by atoms with van der Waals surface area (Å²) >= 11 is 0. The number of nitrogens with zero attached hydrogens (tertiary/aromatic N) is 1. The van der Waals surface area contributed by atoms with Crippen molar-refractivity contribution in [3.63, 3.8) is 0 Å². The zero-order chi connectivity index (χ0) is 10.8. The lowest BCUT2D eigenvalue weighted by Gasteiger charge is -2.17. The first-order valence-electron chi connectivity index (χ1n) is 4.94. The maximum Gasteiger partial charge on any atom is 0.279 e. The second-order valence-electron chi connectivity index (χ2n) is 3.77. The van der Waals surface area contributed by atoms with E-state index in [2.05, 4.69) is 4.72 Å². The van der Waals surface area contributed by atoms with E-state index in [0.717, 1.165) is 12.8 Å². The van der Waals surface area contributed by atoms with Gasteiger partial charge in [-0.1, -0.05) is 6.92 Å². The molecule has 0 aromatic carbocycles. The lowest BCUT2D eigenvalue weighted by atomic mass is 10.2. The van der Waals surface area contributed by atoms with E-state index >= 15 is 0 Å². The Bertz CT molecular complexity index is 280. The van der Waals surface area contributed by atoms with Gasteiger partial charge in [0.05, 0.1) is 0 Å². The van der Waals surface area contributed by atoms with E-state index in [1.54, 1.807) is 14.0 Å². The number of rotatable bonds is 6. The summed E-state index contributed by atoms with van der Waals surface area (Å²) in [6.45, 7) is 2.60. The molecule has 0 aromatic heterocycles. The van der Waals surface area contributed by atoms with Crippen LogP contribution >= 0.6 is 12.4 Å². The first kappa shape index (κ1) is 15.1. The molecule has 0 radical (unpaired) electrons. The van der Waals surface area contributed by atoms with Crippen molar-refractivity contribution in [3.8, 4) is 0 Å². The van der Waals surface area contributed by atoms with Gasteiger partial charge in [0.25, 0.3) is 10.2 Å². The summed E-state index contributed by atoms with van der Waals surface area (Å²) in [6.07, 6.45) is 2.26. The number of hydrogen-bond donors (Lipinski definition) is 2. The van der Waals surface area contributed by atoms with E-state index in [1.165, 1.54) is 4.31 Å². The first-order valence-corrected chi connectivity index (χ1v) is 6.38. The molecule has 15 heavy (non-hydrogen) atoms. The maximum absolute atomic E-state index is 11.5. The van der Waals surface area contributed by atoms with Crippen molar-refractivity contribution in [2.75, 3.05) is 20.1 Å². The summed E-state index contributed by atoms with van der Waals surface area (Å²) in [5.41, 5.74) is 5.78. The lowest BCUT2D eigenvalue weighted by molar-refractivity contribution is 0.465. The SMILES string of the molecule is CCN(C)S(=O)(=O)NCC(N)C1CC1.Cl. The van der Waals surface area contributed by atoms with Crippen molar-refractivity contribution in [2.45, 2.75) is 25.8 Å². The Morgan fingerprint density at radius 2 is 2.07 bits per heavy atom. The second-order valence-corrected chi connectivity index (χ2v) is 5.63. The van der Waals surface area contributed by atoms with Gasteiger partial charge in [0.2, 0.25) is 0 Å². The van der Waals surface area contributed by atoms with Crippen molar-refractivity contribution in [1.82, 2.24) is 9.03 Å². The molecular weight excluding hydrogens is 238 g/mol. The molecule has 0 saturated heterocycles. The molecule has 1 aliphatic carbocycles. The Labute approximate surface area is 98.0 Å². The summed E-state index contributed by atoms with van der Waals surface area (Å²) < 4.78 is 26.7. The zero-order valence-electron chi connectivity index (χ0n) is 9.14. The minimum atomic E-state index is -3.31. The molecule has 1 fully saturated rings. The van der Waals surface area contributed by atoms with Crippen LogP contribution in [0.15, 0.2) is 0 Å². The van der Waals surface area contributed by atoms with Crippen LogP contribution in [0.3, 0.4) is 0 Å². The smallest absolute Gasteiger partial charge is 0.279 e. The molecule has 1 saturated carbocycles. The molecule has 1 atom stereocenters. The van der Waals surface area contributed by atoms with Crippen molar-refractivity contribution in [2.24, 2.45) is 11.7 Å². The third-order valence-corrected chi connectivity index (χ3v) is 4.19. The molecule has 1 unspecified atom stereocenters. The third-order valence-electron chi connectivity index (χ3n) is 2.58. The number of nitrogens with two attached hydrogens (primary N) is 1. The molecule has 0 bridgehead atoms. The molecule has 92 valence electrons. The highest BCUT2D eigenvalue weighted by atomic mass is 35.5. The Morgan fingerprint density at radius 3 is 2.47 bits per heavy atom. The van der Waals surface area contributed by atoms with Crippen LogP contribution in [0.4, 0.5) is 0 Å². The first-order chi connectivity index (χ1) is 6.47. The fourth-order valence-electron chi connectivity index (χ4n) is 1.17. The minimum absolute atomic E-state index is 0. The minimum Gasteiger partial charge on any atom is -0.326 e. The van der Waals surface area contributed by atoms with Crippen LogP contribution in [0, 0.1) is 5.92 Å². The molecule has 1 rings (SSSR count). The van der Waals surface area contributed by atoms with Gasteiger partial charge < -0.3 is 5.73 Å². The van der Waals surface area contributed by atoms with Gasteiger partial charge in [0.15, 0.2) is 0 Å². The monoisotopic (exact) mass is 257 g/mol. The van der Waals surface area contributed by atoms with Gasteiger partial charge in [-0.2, -0.15) is 12.7 Å². The van der Waals surface area contributed by atoms with Crippen LogP contribution in [-0.2, 0) is 10.2 Å². The van der Waals surface area contributed by atoms with Crippen molar-refractivity contribution in [1.29, 1.82) is 0 Å². The predicted molar refractivity (Wildman–Crippen MR) is 63.2 cm³/mol. The van der Waals surface area contributed by atoms with E-state index in [-0.39, 0.29) is 18.4 Å². The zero-order valence-corrected chi connectivity index (χ0v) is 10.8.